The number of allylic oxidation sites excluding steroid dienone is 2. The highest BCUT2D eigenvalue weighted by molar-refractivity contribution is 6.66. The van der Waals surface area contributed by atoms with Crippen LogP contribution in [-0.4, -0.2) is 37.1 Å². The Balaban J connectivity index is 2.19. The van der Waals surface area contributed by atoms with Crippen molar-refractivity contribution in [2.45, 2.75) is 34.0 Å². The number of carbonyl (C=O) groups excluding carboxylic acids is 2. The zero-order chi connectivity index (χ0) is 16.8. The highest BCUT2D eigenvalue weighted by atomic mass is 35.5. The van der Waals surface area contributed by atoms with Crippen molar-refractivity contribution in [1.82, 2.24) is 5.06 Å². The predicted molar refractivity (Wildman–Crippen MR) is 85.4 cm³/mol. The number of imide groups is 1. The van der Waals surface area contributed by atoms with Crippen LogP contribution in [0.3, 0.4) is 0 Å². The van der Waals surface area contributed by atoms with E-state index in [2.05, 4.69) is 0 Å². The third-order valence-corrected chi connectivity index (χ3v) is 8.44. The van der Waals surface area contributed by atoms with Gasteiger partial charge in [-0.25, -0.2) is 0 Å². The van der Waals surface area contributed by atoms with E-state index in [1.54, 1.807) is 13.8 Å². The third-order valence-electron chi connectivity index (χ3n) is 4.18. The van der Waals surface area contributed by atoms with Crippen molar-refractivity contribution in [3.8, 4) is 0 Å². The number of halogens is 6. The Bertz CT molecular complexity index is 588. The van der Waals surface area contributed by atoms with Gasteiger partial charge in [0.2, 0.25) is 0 Å². The summed E-state index contributed by atoms with van der Waals surface area (Å²) in [5.74, 6) is -3.67. The number of alkyl halides is 4. The Morgan fingerprint density at radius 3 is 1.64 bits per heavy atom. The van der Waals surface area contributed by atoms with Gasteiger partial charge in [-0.05, 0) is 13.8 Å². The summed E-state index contributed by atoms with van der Waals surface area (Å²) >= 11 is 37.9. The Morgan fingerprint density at radius 1 is 0.955 bits per heavy atom. The largest absolute Gasteiger partial charge is 0.272 e. The first kappa shape index (κ1) is 17.4. The summed E-state index contributed by atoms with van der Waals surface area (Å²) in [6.45, 7) is 3.34. The normalized spacial score (nSPS) is 42.9. The average Bonchev–Trinajstić information content (AvgIpc) is 2.78. The van der Waals surface area contributed by atoms with E-state index in [1.807, 2.05) is 0 Å². The van der Waals surface area contributed by atoms with E-state index in [0.29, 0.717) is 5.06 Å². The van der Waals surface area contributed by atoms with Crippen LogP contribution in [0, 0.1) is 11.8 Å². The second-order valence-electron chi connectivity index (χ2n) is 5.71. The molecule has 0 spiro atoms. The van der Waals surface area contributed by atoms with Crippen LogP contribution in [0.15, 0.2) is 10.1 Å². The smallest absolute Gasteiger partial charge is 0.259 e. The molecule has 10 heteroatoms. The van der Waals surface area contributed by atoms with Crippen LogP contribution in [0.1, 0.15) is 13.8 Å². The Morgan fingerprint density at radius 2 is 1.32 bits per heavy atom. The lowest BCUT2D eigenvalue weighted by Crippen LogP contribution is -2.50. The minimum atomic E-state index is -1.91. The SMILES string of the molecule is CC(C)ON1C(=O)[C@@H]2[C@H](C1=O)[C@]1(Cl)C(Cl)=C(Cl)[C@]2(Cl)C1(Cl)Cl. The molecule has 2 bridgehead atoms. The molecule has 3 rings (SSSR count). The van der Waals surface area contributed by atoms with Crippen molar-refractivity contribution in [2.75, 3.05) is 0 Å². The number of hydroxylamine groups is 2. The molecule has 2 aliphatic carbocycles. The zero-order valence-electron chi connectivity index (χ0n) is 11.2. The Kier molecular flexibility index (Phi) is 3.81. The van der Waals surface area contributed by atoms with E-state index in [1.165, 1.54) is 0 Å². The number of carbonyl (C=O) groups is 2. The standard InChI is InChI=1S/C12H9Cl6NO3/c1-3(2)22-19-8(20)4-5(9(19)21)11(16)7(14)6(13)10(4,15)12(11,17)18/h3-5H,1-2H3/t4-,5+,10-,11-/m0/s1. The lowest BCUT2D eigenvalue weighted by Gasteiger charge is -2.34. The van der Waals surface area contributed by atoms with E-state index in [4.69, 9.17) is 74.4 Å². The number of rotatable bonds is 2. The fraction of sp³-hybridized carbons (Fsp3) is 0.667. The van der Waals surface area contributed by atoms with Crippen molar-refractivity contribution in [3.63, 3.8) is 0 Å². The molecule has 1 saturated heterocycles. The van der Waals surface area contributed by atoms with Gasteiger partial charge in [-0.1, -0.05) is 46.4 Å². The van der Waals surface area contributed by atoms with Gasteiger partial charge in [0.1, 0.15) is 9.75 Å². The minimum absolute atomic E-state index is 0.121. The second kappa shape index (κ2) is 4.81. The maximum Gasteiger partial charge on any atom is 0.259 e. The highest BCUT2D eigenvalue weighted by Gasteiger charge is 2.87. The third kappa shape index (κ3) is 1.58. The fourth-order valence-corrected chi connectivity index (χ4v) is 6.21. The molecule has 4 atom stereocenters. The fourth-order valence-electron chi connectivity index (χ4n) is 3.28. The summed E-state index contributed by atoms with van der Waals surface area (Å²) in [4.78, 5) is 26.9. The molecule has 2 amide bonds. The molecule has 0 N–H and O–H groups in total. The monoisotopic (exact) mass is 425 g/mol. The molecule has 0 aromatic carbocycles. The molecule has 3 aliphatic rings. The number of fused-ring (bicyclic) bond motifs is 5. The average molecular weight is 428 g/mol. The number of amides is 2. The van der Waals surface area contributed by atoms with Crippen molar-refractivity contribution in [2.24, 2.45) is 11.8 Å². The van der Waals surface area contributed by atoms with Crippen molar-refractivity contribution < 1.29 is 14.4 Å². The van der Waals surface area contributed by atoms with E-state index in [9.17, 15) is 9.59 Å². The van der Waals surface area contributed by atoms with Crippen LogP contribution >= 0.6 is 69.6 Å². The van der Waals surface area contributed by atoms with Gasteiger partial charge in [-0.3, -0.25) is 14.4 Å². The molecule has 0 radical (unpaired) electrons. The second-order valence-corrected chi connectivity index (χ2v) is 8.98. The van der Waals surface area contributed by atoms with Gasteiger partial charge in [0.25, 0.3) is 11.8 Å². The molecule has 1 saturated carbocycles. The first-order valence-electron chi connectivity index (χ1n) is 6.30. The maximum atomic E-state index is 12.6. The van der Waals surface area contributed by atoms with Crippen LogP contribution in [-0.2, 0) is 14.4 Å². The zero-order valence-corrected chi connectivity index (χ0v) is 15.7. The Labute approximate surface area is 156 Å². The molecule has 0 unspecified atom stereocenters. The summed E-state index contributed by atoms with van der Waals surface area (Å²) in [5.41, 5.74) is 0. The topological polar surface area (TPSA) is 46.6 Å². The van der Waals surface area contributed by atoms with E-state index >= 15 is 0 Å². The molecular formula is C12H9Cl6NO3. The number of hydrogen-bond acceptors (Lipinski definition) is 3. The summed E-state index contributed by atoms with van der Waals surface area (Å²) < 4.78 is -1.91. The van der Waals surface area contributed by atoms with Crippen LogP contribution in [0.25, 0.3) is 0 Å². The lowest BCUT2D eigenvalue weighted by molar-refractivity contribution is -0.200. The number of hydrogen-bond donors (Lipinski definition) is 0. The number of nitrogens with zero attached hydrogens (tertiary/aromatic N) is 1. The molecule has 122 valence electrons. The first-order chi connectivity index (χ1) is 9.94. The minimum Gasteiger partial charge on any atom is -0.272 e. The summed E-state index contributed by atoms with van der Waals surface area (Å²) in [6.07, 6.45) is -0.405. The van der Waals surface area contributed by atoms with Gasteiger partial charge in [0.05, 0.1) is 28.0 Å². The molecule has 0 aromatic heterocycles. The van der Waals surface area contributed by atoms with Crippen molar-refractivity contribution in [1.29, 1.82) is 0 Å². The van der Waals surface area contributed by atoms with Gasteiger partial charge in [0.15, 0.2) is 4.33 Å². The maximum absolute atomic E-state index is 12.6. The lowest BCUT2D eigenvalue weighted by atomic mass is 9.84. The summed E-state index contributed by atoms with van der Waals surface area (Å²) in [6, 6.07) is 0. The quantitative estimate of drug-likeness (QED) is 0.497. The van der Waals surface area contributed by atoms with Gasteiger partial charge in [-0.15, -0.1) is 23.2 Å². The molecule has 1 heterocycles. The van der Waals surface area contributed by atoms with Gasteiger partial charge < -0.3 is 0 Å². The predicted octanol–water partition coefficient (Wildman–Crippen LogP) is 3.77. The Hall–Kier alpha value is 0.580. The van der Waals surface area contributed by atoms with Crippen molar-refractivity contribution >= 4 is 81.4 Å². The highest BCUT2D eigenvalue weighted by Crippen LogP contribution is 2.77. The van der Waals surface area contributed by atoms with E-state index in [-0.39, 0.29) is 10.1 Å². The van der Waals surface area contributed by atoms with E-state index in [0.717, 1.165) is 0 Å². The van der Waals surface area contributed by atoms with Crippen LogP contribution < -0.4 is 0 Å². The van der Waals surface area contributed by atoms with Crippen LogP contribution in [0.2, 0.25) is 0 Å². The van der Waals surface area contributed by atoms with Crippen LogP contribution in [0.5, 0.6) is 0 Å². The van der Waals surface area contributed by atoms with Crippen molar-refractivity contribution in [3.05, 3.63) is 10.1 Å². The summed E-state index contributed by atoms with van der Waals surface area (Å²) in [7, 11) is 0. The molecule has 1 aliphatic heterocycles. The van der Waals surface area contributed by atoms with Gasteiger partial charge in [0, 0.05) is 0 Å². The van der Waals surface area contributed by atoms with E-state index < -0.39 is 43.8 Å². The summed E-state index contributed by atoms with van der Waals surface area (Å²) in [5, 5.41) is 0.408. The van der Waals surface area contributed by atoms with Gasteiger partial charge >= 0.3 is 0 Å². The first-order valence-corrected chi connectivity index (χ1v) is 8.57. The molecule has 22 heavy (non-hydrogen) atoms. The van der Waals surface area contributed by atoms with Crippen LogP contribution in [0.4, 0.5) is 0 Å². The molecule has 4 nitrogen and oxygen atoms in total. The molecular weight excluding hydrogens is 419 g/mol. The van der Waals surface area contributed by atoms with Gasteiger partial charge in [-0.2, -0.15) is 5.06 Å². The molecule has 2 fully saturated rings. The molecule has 0 aromatic rings.